The molecule has 126 valence electrons. The van der Waals surface area contributed by atoms with Gasteiger partial charge >= 0.3 is 0 Å². The average Bonchev–Trinajstić information content (AvgIpc) is 2.62. The summed E-state index contributed by atoms with van der Waals surface area (Å²) in [6.07, 6.45) is 3.80. The number of carbonyl (C=O) groups excluding carboxylic acids is 1. The zero-order chi connectivity index (χ0) is 17.5. The number of hydrogen-bond acceptors (Lipinski definition) is 3. The fourth-order valence-corrected chi connectivity index (χ4v) is 2.63. The third-order valence-electron chi connectivity index (χ3n) is 3.73. The molecule has 2 aromatic rings. The number of methoxy groups -OCH3 is 2. The Bertz CT molecular complexity index is 723. The maximum Gasteiger partial charge on any atom is 0.258 e. The highest BCUT2D eigenvalue weighted by Crippen LogP contribution is 2.34. The monoisotopic (exact) mass is 325 g/mol. The van der Waals surface area contributed by atoms with Crippen molar-refractivity contribution in [2.75, 3.05) is 25.7 Å². The number of benzene rings is 2. The second-order valence-electron chi connectivity index (χ2n) is 5.19. The van der Waals surface area contributed by atoms with Gasteiger partial charge in [-0.3, -0.25) is 4.79 Å². The van der Waals surface area contributed by atoms with Gasteiger partial charge in [0, 0.05) is 23.4 Å². The molecule has 0 aliphatic carbocycles. The van der Waals surface area contributed by atoms with Gasteiger partial charge < -0.3 is 14.4 Å². The normalized spacial score (nSPS) is 10.7. The lowest BCUT2D eigenvalue weighted by Gasteiger charge is -2.22. The number of hydrogen-bond donors (Lipinski definition) is 0. The molecule has 2 aromatic carbocycles. The van der Waals surface area contributed by atoms with E-state index in [2.05, 4.69) is 0 Å². The molecule has 0 spiro atoms. The quantitative estimate of drug-likeness (QED) is 0.790. The molecule has 4 nitrogen and oxygen atoms in total. The van der Waals surface area contributed by atoms with Gasteiger partial charge in [0.2, 0.25) is 0 Å². The SMILES string of the molecule is CC=Cc1cc(C(=O)N(CC)c2ccccc2)cc(OC)c1OC. The van der Waals surface area contributed by atoms with Crippen LogP contribution in [0.15, 0.2) is 48.5 Å². The maximum atomic E-state index is 13.0. The summed E-state index contributed by atoms with van der Waals surface area (Å²) in [5.41, 5.74) is 2.24. The second-order valence-corrected chi connectivity index (χ2v) is 5.19. The van der Waals surface area contributed by atoms with Crippen molar-refractivity contribution in [1.82, 2.24) is 0 Å². The van der Waals surface area contributed by atoms with Gasteiger partial charge in [0.15, 0.2) is 11.5 Å². The molecule has 0 aromatic heterocycles. The van der Waals surface area contributed by atoms with Gasteiger partial charge in [-0.15, -0.1) is 0 Å². The van der Waals surface area contributed by atoms with Crippen molar-refractivity contribution < 1.29 is 14.3 Å². The summed E-state index contributed by atoms with van der Waals surface area (Å²) < 4.78 is 10.8. The lowest BCUT2D eigenvalue weighted by molar-refractivity contribution is 0.0988. The van der Waals surface area contributed by atoms with E-state index < -0.39 is 0 Å². The van der Waals surface area contributed by atoms with Crippen LogP contribution in [-0.2, 0) is 0 Å². The van der Waals surface area contributed by atoms with Gasteiger partial charge in [0.05, 0.1) is 14.2 Å². The Balaban J connectivity index is 2.50. The van der Waals surface area contributed by atoms with Crippen molar-refractivity contribution in [3.8, 4) is 11.5 Å². The summed E-state index contributed by atoms with van der Waals surface area (Å²) in [6, 6.07) is 13.2. The number of allylic oxidation sites excluding steroid dienone is 1. The smallest absolute Gasteiger partial charge is 0.258 e. The molecule has 0 atom stereocenters. The molecular weight excluding hydrogens is 302 g/mol. The Labute approximate surface area is 143 Å². The van der Waals surface area contributed by atoms with Crippen molar-refractivity contribution in [2.45, 2.75) is 13.8 Å². The van der Waals surface area contributed by atoms with E-state index in [1.807, 2.05) is 62.4 Å². The molecular formula is C20H23NO3. The first-order valence-corrected chi connectivity index (χ1v) is 7.91. The van der Waals surface area contributed by atoms with Crippen LogP contribution in [0.4, 0.5) is 5.69 Å². The molecule has 0 N–H and O–H groups in total. The molecule has 0 fully saturated rings. The molecule has 24 heavy (non-hydrogen) atoms. The molecule has 0 saturated heterocycles. The number of amides is 1. The first kappa shape index (κ1) is 17.6. The standard InChI is InChI=1S/C20H23NO3/c1-5-10-15-13-16(14-18(23-3)19(15)24-4)20(22)21(6-2)17-11-8-7-9-12-17/h5,7-14H,6H2,1-4H3. The number of nitrogens with zero attached hydrogens (tertiary/aromatic N) is 1. The first-order chi connectivity index (χ1) is 11.7. The van der Waals surface area contributed by atoms with Crippen LogP contribution in [0.5, 0.6) is 11.5 Å². The average molecular weight is 325 g/mol. The van der Waals surface area contributed by atoms with E-state index in [1.54, 1.807) is 25.2 Å². The van der Waals surface area contributed by atoms with E-state index in [1.165, 1.54) is 0 Å². The summed E-state index contributed by atoms with van der Waals surface area (Å²) in [6.45, 7) is 4.46. The summed E-state index contributed by atoms with van der Waals surface area (Å²) in [5.74, 6) is 1.09. The van der Waals surface area contributed by atoms with E-state index in [0.717, 1.165) is 11.3 Å². The summed E-state index contributed by atoms with van der Waals surface area (Å²) >= 11 is 0. The van der Waals surface area contributed by atoms with Gasteiger partial charge in [-0.2, -0.15) is 0 Å². The Morgan fingerprint density at radius 2 is 1.83 bits per heavy atom. The fraction of sp³-hybridized carbons (Fsp3) is 0.250. The molecule has 0 saturated carbocycles. The van der Waals surface area contributed by atoms with Crippen molar-refractivity contribution in [1.29, 1.82) is 0 Å². The van der Waals surface area contributed by atoms with Crippen LogP contribution in [0.1, 0.15) is 29.8 Å². The minimum absolute atomic E-state index is 0.0737. The Morgan fingerprint density at radius 1 is 1.12 bits per heavy atom. The number of anilines is 1. The van der Waals surface area contributed by atoms with Gasteiger partial charge in [-0.25, -0.2) is 0 Å². The predicted molar refractivity (Wildman–Crippen MR) is 98.0 cm³/mol. The Morgan fingerprint density at radius 3 is 2.38 bits per heavy atom. The maximum absolute atomic E-state index is 13.0. The van der Waals surface area contributed by atoms with E-state index in [9.17, 15) is 4.79 Å². The Kier molecular flexibility index (Phi) is 6.01. The topological polar surface area (TPSA) is 38.8 Å². The van der Waals surface area contributed by atoms with E-state index in [4.69, 9.17) is 9.47 Å². The molecule has 0 unspecified atom stereocenters. The summed E-state index contributed by atoms with van der Waals surface area (Å²) in [7, 11) is 3.16. The molecule has 1 amide bonds. The molecule has 0 aliphatic rings. The van der Waals surface area contributed by atoms with E-state index >= 15 is 0 Å². The highest BCUT2D eigenvalue weighted by atomic mass is 16.5. The van der Waals surface area contributed by atoms with Crippen LogP contribution in [0, 0.1) is 0 Å². The number of ether oxygens (including phenoxy) is 2. The first-order valence-electron chi connectivity index (χ1n) is 7.91. The van der Waals surface area contributed by atoms with Crippen molar-refractivity contribution >= 4 is 17.7 Å². The highest BCUT2D eigenvalue weighted by Gasteiger charge is 2.20. The zero-order valence-corrected chi connectivity index (χ0v) is 14.6. The van der Waals surface area contributed by atoms with Gasteiger partial charge in [0.1, 0.15) is 0 Å². The van der Waals surface area contributed by atoms with Crippen LogP contribution >= 0.6 is 0 Å². The molecule has 2 rings (SSSR count). The minimum Gasteiger partial charge on any atom is -0.493 e. The number of carbonyl (C=O) groups is 1. The minimum atomic E-state index is -0.0737. The van der Waals surface area contributed by atoms with Crippen molar-refractivity contribution in [3.05, 3.63) is 59.7 Å². The molecule has 4 heteroatoms. The molecule has 0 radical (unpaired) electrons. The molecule has 0 heterocycles. The van der Waals surface area contributed by atoms with Gasteiger partial charge in [-0.1, -0.05) is 30.4 Å². The predicted octanol–water partition coefficient (Wildman–Crippen LogP) is 4.40. The van der Waals surface area contributed by atoms with Crippen molar-refractivity contribution in [3.63, 3.8) is 0 Å². The third kappa shape index (κ3) is 3.59. The van der Waals surface area contributed by atoms with E-state index in [0.29, 0.717) is 23.6 Å². The highest BCUT2D eigenvalue weighted by molar-refractivity contribution is 6.07. The lowest BCUT2D eigenvalue weighted by Crippen LogP contribution is -2.30. The summed E-state index contributed by atoms with van der Waals surface area (Å²) in [4.78, 5) is 14.7. The van der Waals surface area contributed by atoms with Crippen LogP contribution in [0.2, 0.25) is 0 Å². The van der Waals surface area contributed by atoms with Crippen molar-refractivity contribution in [2.24, 2.45) is 0 Å². The van der Waals surface area contributed by atoms with Gasteiger partial charge in [-0.05, 0) is 38.1 Å². The zero-order valence-electron chi connectivity index (χ0n) is 14.6. The van der Waals surface area contributed by atoms with E-state index in [-0.39, 0.29) is 5.91 Å². The van der Waals surface area contributed by atoms with Crippen LogP contribution in [0.3, 0.4) is 0 Å². The largest absolute Gasteiger partial charge is 0.493 e. The molecule has 0 aliphatic heterocycles. The number of para-hydroxylation sites is 1. The lowest BCUT2D eigenvalue weighted by atomic mass is 10.1. The van der Waals surface area contributed by atoms with Crippen LogP contribution in [-0.4, -0.2) is 26.7 Å². The van der Waals surface area contributed by atoms with Crippen LogP contribution in [0.25, 0.3) is 6.08 Å². The second kappa shape index (κ2) is 8.20. The van der Waals surface area contributed by atoms with Crippen LogP contribution < -0.4 is 14.4 Å². The fourth-order valence-electron chi connectivity index (χ4n) is 2.63. The molecule has 0 bridgehead atoms. The Hall–Kier alpha value is -2.75. The van der Waals surface area contributed by atoms with Gasteiger partial charge in [0.25, 0.3) is 5.91 Å². The summed E-state index contributed by atoms with van der Waals surface area (Å²) in [5, 5.41) is 0. The number of rotatable bonds is 6. The third-order valence-corrected chi connectivity index (χ3v) is 3.73.